The van der Waals surface area contributed by atoms with E-state index in [-0.39, 0.29) is 18.2 Å². The average molecular weight is 376 g/mol. The lowest BCUT2D eigenvalue weighted by molar-refractivity contribution is -0.134. The minimum absolute atomic E-state index is 0.0263. The summed E-state index contributed by atoms with van der Waals surface area (Å²) in [5.41, 5.74) is 2.67. The molecule has 1 aromatic heterocycles. The van der Waals surface area contributed by atoms with Gasteiger partial charge < -0.3 is 14.4 Å². The molecule has 1 N–H and O–H groups in total. The zero-order valence-corrected chi connectivity index (χ0v) is 15.9. The van der Waals surface area contributed by atoms with Crippen LogP contribution in [0.5, 0.6) is 0 Å². The summed E-state index contributed by atoms with van der Waals surface area (Å²) in [5.74, 6) is 1.24. The van der Waals surface area contributed by atoms with Crippen molar-refractivity contribution in [2.24, 2.45) is 0 Å². The normalized spacial score (nSPS) is 19.6. The Bertz CT molecular complexity index is 937. The number of hydrogen-bond acceptors (Lipinski definition) is 4. The molecule has 2 atom stereocenters. The van der Waals surface area contributed by atoms with Gasteiger partial charge in [0, 0.05) is 24.6 Å². The quantitative estimate of drug-likeness (QED) is 0.756. The lowest BCUT2D eigenvalue weighted by Gasteiger charge is -2.36. The van der Waals surface area contributed by atoms with E-state index >= 15 is 0 Å². The van der Waals surface area contributed by atoms with Crippen molar-refractivity contribution in [2.75, 3.05) is 13.1 Å². The van der Waals surface area contributed by atoms with Crippen LogP contribution in [0.3, 0.4) is 0 Å². The monoisotopic (exact) mass is 376 g/mol. The fourth-order valence-electron chi connectivity index (χ4n) is 3.80. The highest BCUT2D eigenvalue weighted by atomic mass is 16.4. The number of aryl methyl sites for hydroxylation is 1. The molecule has 0 radical (unpaired) electrons. The Morgan fingerprint density at radius 1 is 1.14 bits per heavy atom. The van der Waals surface area contributed by atoms with E-state index in [1.165, 1.54) is 0 Å². The van der Waals surface area contributed by atoms with Crippen LogP contribution in [-0.4, -0.2) is 40.1 Å². The maximum absolute atomic E-state index is 12.8. The summed E-state index contributed by atoms with van der Waals surface area (Å²) in [5, 5.41) is 10.6. The van der Waals surface area contributed by atoms with E-state index in [0.29, 0.717) is 30.4 Å². The van der Waals surface area contributed by atoms with Crippen LogP contribution in [-0.2, 0) is 11.2 Å². The SMILES string of the molecule is Cc1oc(-c2ccccc2)nc1CC(=O)N1CC[C@@H](c2ccccc2)[C@H](O)C1. The highest BCUT2D eigenvalue weighted by Crippen LogP contribution is 2.29. The van der Waals surface area contributed by atoms with Gasteiger partial charge in [-0.1, -0.05) is 48.5 Å². The van der Waals surface area contributed by atoms with Gasteiger partial charge in [-0.05, 0) is 31.0 Å². The van der Waals surface area contributed by atoms with Crippen LogP contribution in [0.2, 0.25) is 0 Å². The molecule has 0 saturated carbocycles. The number of oxazole rings is 1. The van der Waals surface area contributed by atoms with Crippen molar-refractivity contribution in [3.05, 3.63) is 77.7 Å². The first kappa shape index (κ1) is 18.4. The predicted octanol–water partition coefficient (Wildman–Crippen LogP) is 3.57. The third kappa shape index (κ3) is 3.85. The van der Waals surface area contributed by atoms with Crippen molar-refractivity contribution in [3.63, 3.8) is 0 Å². The summed E-state index contributed by atoms with van der Waals surface area (Å²) in [6.45, 7) is 2.82. The molecule has 2 heterocycles. The van der Waals surface area contributed by atoms with Crippen molar-refractivity contribution >= 4 is 5.91 Å². The fraction of sp³-hybridized carbons (Fsp3) is 0.304. The molecule has 0 unspecified atom stereocenters. The number of aliphatic hydroxyl groups excluding tert-OH is 1. The van der Waals surface area contributed by atoms with Gasteiger partial charge in [0.25, 0.3) is 0 Å². The smallest absolute Gasteiger partial charge is 0.228 e. The van der Waals surface area contributed by atoms with Crippen molar-refractivity contribution < 1.29 is 14.3 Å². The third-order valence-electron chi connectivity index (χ3n) is 5.39. The van der Waals surface area contributed by atoms with Crippen LogP contribution in [0.15, 0.2) is 65.1 Å². The summed E-state index contributed by atoms with van der Waals surface area (Å²) in [6, 6.07) is 19.7. The van der Waals surface area contributed by atoms with Crippen LogP contribution in [0, 0.1) is 6.92 Å². The molecule has 28 heavy (non-hydrogen) atoms. The molecule has 1 aliphatic rings. The number of β-amino-alcohol motifs (C(OH)–C–C–N with tert-alkyl or cyclic N) is 1. The number of aliphatic hydroxyl groups is 1. The lowest BCUT2D eigenvalue weighted by atomic mass is 9.87. The van der Waals surface area contributed by atoms with Crippen molar-refractivity contribution in [2.45, 2.75) is 31.8 Å². The Hall–Kier alpha value is -2.92. The highest BCUT2D eigenvalue weighted by molar-refractivity contribution is 5.79. The van der Waals surface area contributed by atoms with E-state index in [9.17, 15) is 9.90 Å². The molecule has 1 amide bonds. The standard InChI is InChI=1S/C23H24N2O3/c1-16-20(24-23(28-16)18-10-6-3-7-11-18)14-22(27)25-13-12-19(21(26)15-25)17-8-4-2-5-9-17/h2-11,19,21,26H,12-15H2,1H3/t19-,21+/m0/s1. The number of benzene rings is 2. The molecule has 1 saturated heterocycles. The zero-order valence-electron chi connectivity index (χ0n) is 15.9. The molecular weight excluding hydrogens is 352 g/mol. The number of aromatic nitrogens is 1. The number of amides is 1. The summed E-state index contributed by atoms with van der Waals surface area (Å²) >= 11 is 0. The Labute approximate surface area is 164 Å². The van der Waals surface area contributed by atoms with E-state index in [1.54, 1.807) is 4.90 Å². The van der Waals surface area contributed by atoms with E-state index in [1.807, 2.05) is 67.6 Å². The second-order valence-corrected chi connectivity index (χ2v) is 7.28. The molecule has 144 valence electrons. The number of rotatable bonds is 4. The molecule has 4 rings (SSSR count). The van der Waals surface area contributed by atoms with Gasteiger partial charge in [0.2, 0.25) is 11.8 Å². The van der Waals surface area contributed by atoms with Crippen LogP contribution in [0.1, 0.15) is 29.4 Å². The van der Waals surface area contributed by atoms with Crippen LogP contribution in [0.25, 0.3) is 11.5 Å². The molecule has 0 spiro atoms. The summed E-state index contributed by atoms with van der Waals surface area (Å²) in [6.07, 6.45) is 0.382. The summed E-state index contributed by atoms with van der Waals surface area (Å²) < 4.78 is 5.75. The van der Waals surface area contributed by atoms with Gasteiger partial charge in [0.15, 0.2) is 0 Å². The molecular formula is C23H24N2O3. The first-order chi connectivity index (χ1) is 13.6. The first-order valence-electron chi connectivity index (χ1n) is 9.64. The molecule has 1 fully saturated rings. The average Bonchev–Trinajstić information content (AvgIpc) is 3.09. The molecule has 1 aliphatic heterocycles. The Balaban J connectivity index is 1.42. The number of carbonyl (C=O) groups is 1. The van der Waals surface area contributed by atoms with Crippen LogP contribution in [0.4, 0.5) is 0 Å². The number of piperidine rings is 1. The largest absolute Gasteiger partial charge is 0.441 e. The predicted molar refractivity (Wildman–Crippen MR) is 107 cm³/mol. The second-order valence-electron chi connectivity index (χ2n) is 7.28. The van der Waals surface area contributed by atoms with E-state index < -0.39 is 6.10 Å². The van der Waals surface area contributed by atoms with E-state index in [4.69, 9.17) is 4.42 Å². The maximum atomic E-state index is 12.8. The van der Waals surface area contributed by atoms with Crippen LogP contribution >= 0.6 is 0 Å². The molecule has 0 bridgehead atoms. The topological polar surface area (TPSA) is 66.6 Å². The minimum Gasteiger partial charge on any atom is -0.441 e. The van der Waals surface area contributed by atoms with Gasteiger partial charge in [-0.3, -0.25) is 4.79 Å². The number of likely N-dealkylation sites (tertiary alicyclic amines) is 1. The Morgan fingerprint density at radius 3 is 2.50 bits per heavy atom. The van der Waals surface area contributed by atoms with Gasteiger partial charge in [0.05, 0.1) is 18.2 Å². The first-order valence-corrected chi connectivity index (χ1v) is 9.64. The highest BCUT2D eigenvalue weighted by Gasteiger charge is 2.31. The Morgan fingerprint density at radius 2 is 1.82 bits per heavy atom. The fourth-order valence-corrected chi connectivity index (χ4v) is 3.80. The van der Waals surface area contributed by atoms with Crippen LogP contribution < -0.4 is 0 Å². The number of nitrogens with zero attached hydrogens (tertiary/aromatic N) is 2. The van der Waals surface area contributed by atoms with Gasteiger partial charge in [-0.25, -0.2) is 4.98 Å². The lowest BCUT2D eigenvalue weighted by Crippen LogP contribution is -2.46. The van der Waals surface area contributed by atoms with Crippen molar-refractivity contribution in [3.8, 4) is 11.5 Å². The summed E-state index contributed by atoms with van der Waals surface area (Å²) in [4.78, 5) is 19.0. The minimum atomic E-state index is -0.557. The van der Waals surface area contributed by atoms with Crippen molar-refractivity contribution in [1.82, 2.24) is 9.88 Å². The van der Waals surface area contributed by atoms with E-state index in [2.05, 4.69) is 4.98 Å². The zero-order chi connectivity index (χ0) is 19.5. The molecule has 0 aliphatic carbocycles. The van der Waals surface area contributed by atoms with Gasteiger partial charge in [-0.2, -0.15) is 0 Å². The van der Waals surface area contributed by atoms with E-state index in [0.717, 1.165) is 17.5 Å². The molecule has 5 heteroatoms. The van der Waals surface area contributed by atoms with Crippen molar-refractivity contribution in [1.29, 1.82) is 0 Å². The second kappa shape index (κ2) is 7.98. The Kier molecular flexibility index (Phi) is 5.26. The molecule has 5 nitrogen and oxygen atoms in total. The van der Waals surface area contributed by atoms with Gasteiger partial charge >= 0.3 is 0 Å². The molecule has 2 aromatic carbocycles. The van der Waals surface area contributed by atoms with Gasteiger partial charge in [-0.15, -0.1) is 0 Å². The molecule has 3 aromatic rings. The maximum Gasteiger partial charge on any atom is 0.228 e. The number of carbonyl (C=O) groups excluding carboxylic acids is 1. The summed E-state index contributed by atoms with van der Waals surface area (Å²) in [7, 11) is 0. The third-order valence-corrected chi connectivity index (χ3v) is 5.39. The van der Waals surface area contributed by atoms with Gasteiger partial charge in [0.1, 0.15) is 5.76 Å². The number of hydrogen-bond donors (Lipinski definition) is 1.